The van der Waals surface area contributed by atoms with Gasteiger partial charge in [-0.3, -0.25) is 9.69 Å². The molecule has 0 aliphatic carbocycles. The van der Waals surface area contributed by atoms with Crippen LogP contribution in [0.4, 0.5) is 0 Å². The van der Waals surface area contributed by atoms with Crippen LogP contribution in [0.25, 0.3) is 0 Å². The number of rotatable bonds is 2. The van der Waals surface area contributed by atoms with Gasteiger partial charge in [-0.1, -0.05) is 6.92 Å². The minimum atomic E-state index is -0.353. The van der Waals surface area contributed by atoms with Crippen molar-refractivity contribution in [2.24, 2.45) is 5.92 Å². The van der Waals surface area contributed by atoms with Gasteiger partial charge in [-0.2, -0.15) is 0 Å². The SMILES string of the molecule is Cc1cc(=O)c(O)c(CN2CCCC(C)C2)o1. The number of nitrogens with zero attached hydrogens (tertiary/aromatic N) is 1. The third kappa shape index (κ3) is 2.88. The Bertz CT molecular complexity index is 452. The third-order valence-electron chi connectivity index (χ3n) is 3.22. The van der Waals surface area contributed by atoms with Crippen molar-refractivity contribution in [1.82, 2.24) is 4.90 Å². The van der Waals surface area contributed by atoms with E-state index in [2.05, 4.69) is 11.8 Å². The zero-order valence-corrected chi connectivity index (χ0v) is 10.4. The van der Waals surface area contributed by atoms with Gasteiger partial charge in [0.2, 0.25) is 11.2 Å². The van der Waals surface area contributed by atoms with E-state index in [4.69, 9.17) is 4.42 Å². The van der Waals surface area contributed by atoms with Crippen LogP contribution >= 0.6 is 0 Å². The number of aromatic hydroxyl groups is 1. The molecule has 1 aliphatic heterocycles. The predicted molar refractivity (Wildman–Crippen MR) is 65.1 cm³/mol. The molecule has 1 aromatic heterocycles. The molecule has 1 unspecified atom stereocenters. The summed E-state index contributed by atoms with van der Waals surface area (Å²) in [6.07, 6.45) is 2.41. The molecule has 1 N–H and O–H groups in total. The summed E-state index contributed by atoms with van der Waals surface area (Å²) in [4.78, 5) is 13.7. The maximum absolute atomic E-state index is 11.4. The highest BCUT2D eigenvalue weighted by Gasteiger charge is 2.19. The Kier molecular flexibility index (Phi) is 3.52. The fourth-order valence-electron chi connectivity index (χ4n) is 2.40. The molecule has 94 valence electrons. The van der Waals surface area contributed by atoms with E-state index in [0.717, 1.165) is 19.5 Å². The lowest BCUT2D eigenvalue weighted by molar-refractivity contribution is 0.160. The zero-order valence-electron chi connectivity index (χ0n) is 10.4. The van der Waals surface area contributed by atoms with Gasteiger partial charge in [-0.05, 0) is 32.2 Å². The Labute approximate surface area is 101 Å². The van der Waals surface area contributed by atoms with Crippen molar-refractivity contribution in [2.75, 3.05) is 13.1 Å². The molecule has 0 aromatic carbocycles. The lowest BCUT2D eigenvalue weighted by Crippen LogP contribution is -2.34. The minimum absolute atomic E-state index is 0.242. The highest BCUT2D eigenvalue weighted by atomic mass is 16.4. The molecule has 0 spiro atoms. The van der Waals surface area contributed by atoms with E-state index in [1.807, 2.05) is 0 Å². The van der Waals surface area contributed by atoms with Gasteiger partial charge < -0.3 is 9.52 Å². The number of likely N-dealkylation sites (tertiary alicyclic amines) is 1. The van der Waals surface area contributed by atoms with Crippen LogP contribution in [-0.2, 0) is 6.54 Å². The molecule has 0 bridgehead atoms. The molecule has 0 amide bonds. The van der Waals surface area contributed by atoms with Crippen molar-refractivity contribution < 1.29 is 9.52 Å². The average Bonchev–Trinajstić information content (AvgIpc) is 2.25. The van der Waals surface area contributed by atoms with Crippen molar-refractivity contribution >= 4 is 0 Å². The lowest BCUT2D eigenvalue weighted by atomic mass is 10.0. The van der Waals surface area contributed by atoms with Crippen molar-refractivity contribution in [3.8, 4) is 5.75 Å². The molecule has 17 heavy (non-hydrogen) atoms. The molecular formula is C13H19NO3. The highest BCUT2D eigenvalue weighted by molar-refractivity contribution is 5.24. The quantitative estimate of drug-likeness (QED) is 0.853. The molecule has 4 heteroatoms. The van der Waals surface area contributed by atoms with Crippen LogP contribution in [0.2, 0.25) is 0 Å². The number of hydrogen-bond acceptors (Lipinski definition) is 4. The Morgan fingerprint density at radius 3 is 3.06 bits per heavy atom. The minimum Gasteiger partial charge on any atom is -0.502 e. The number of piperidine rings is 1. The molecule has 1 aromatic rings. The summed E-state index contributed by atoms with van der Waals surface area (Å²) in [6, 6.07) is 1.32. The largest absolute Gasteiger partial charge is 0.502 e. The monoisotopic (exact) mass is 237 g/mol. The van der Waals surface area contributed by atoms with Gasteiger partial charge >= 0.3 is 0 Å². The third-order valence-corrected chi connectivity index (χ3v) is 3.22. The highest BCUT2D eigenvalue weighted by Crippen LogP contribution is 2.21. The standard InChI is InChI=1S/C13H19NO3/c1-9-4-3-5-14(7-9)8-12-13(16)11(15)6-10(2)17-12/h6,9,16H,3-5,7-8H2,1-2H3. The first-order chi connectivity index (χ1) is 8.06. The van der Waals surface area contributed by atoms with Crippen molar-refractivity contribution in [1.29, 1.82) is 0 Å². The maximum Gasteiger partial charge on any atom is 0.227 e. The van der Waals surface area contributed by atoms with Crippen molar-refractivity contribution in [3.05, 3.63) is 27.8 Å². The van der Waals surface area contributed by atoms with E-state index < -0.39 is 0 Å². The molecule has 1 saturated heterocycles. The first-order valence-corrected chi connectivity index (χ1v) is 6.11. The van der Waals surface area contributed by atoms with Gasteiger partial charge in [-0.25, -0.2) is 0 Å². The Balaban J connectivity index is 2.15. The second-order valence-corrected chi connectivity index (χ2v) is 4.98. The summed E-state index contributed by atoms with van der Waals surface area (Å²) in [5, 5.41) is 9.69. The van der Waals surface area contributed by atoms with Crippen LogP contribution < -0.4 is 5.43 Å². The van der Waals surface area contributed by atoms with Crippen molar-refractivity contribution in [2.45, 2.75) is 33.2 Å². The van der Waals surface area contributed by atoms with Crippen LogP contribution in [-0.4, -0.2) is 23.1 Å². The van der Waals surface area contributed by atoms with Gasteiger partial charge in [0.1, 0.15) is 5.76 Å². The summed E-state index contributed by atoms with van der Waals surface area (Å²) < 4.78 is 5.44. The Morgan fingerprint density at radius 2 is 2.35 bits per heavy atom. The Morgan fingerprint density at radius 1 is 1.59 bits per heavy atom. The van der Waals surface area contributed by atoms with E-state index >= 15 is 0 Å². The maximum atomic E-state index is 11.4. The van der Waals surface area contributed by atoms with E-state index in [9.17, 15) is 9.90 Å². The average molecular weight is 237 g/mol. The summed E-state index contributed by atoms with van der Waals surface area (Å²) in [5.41, 5.74) is -0.353. The fraction of sp³-hybridized carbons (Fsp3) is 0.615. The lowest BCUT2D eigenvalue weighted by Gasteiger charge is -2.30. The first-order valence-electron chi connectivity index (χ1n) is 6.11. The normalized spacial score (nSPS) is 21.6. The smallest absolute Gasteiger partial charge is 0.227 e. The molecule has 2 rings (SSSR count). The van der Waals surface area contributed by atoms with Crippen LogP contribution in [0.5, 0.6) is 5.75 Å². The van der Waals surface area contributed by atoms with Crippen LogP contribution in [0.1, 0.15) is 31.3 Å². The summed E-state index contributed by atoms with van der Waals surface area (Å²) >= 11 is 0. The first kappa shape index (κ1) is 12.2. The molecule has 4 nitrogen and oxygen atoms in total. The van der Waals surface area contributed by atoms with Crippen LogP contribution in [0.15, 0.2) is 15.3 Å². The molecule has 0 saturated carbocycles. The second kappa shape index (κ2) is 4.92. The molecular weight excluding hydrogens is 218 g/mol. The van der Waals surface area contributed by atoms with E-state index in [1.165, 1.54) is 12.5 Å². The summed E-state index contributed by atoms with van der Waals surface area (Å²) in [5.74, 6) is 1.37. The molecule has 1 atom stereocenters. The van der Waals surface area contributed by atoms with E-state index in [1.54, 1.807) is 6.92 Å². The fourth-order valence-corrected chi connectivity index (χ4v) is 2.40. The van der Waals surface area contributed by atoms with Gasteiger partial charge in [0.15, 0.2) is 5.76 Å². The van der Waals surface area contributed by atoms with Gasteiger partial charge in [0.25, 0.3) is 0 Å². The van der Waals surface area contributed by atoms with Gasteiger partial charge in [0, 0.05) is 12.6 Å². The molecule has 0 radical (unpaired) electrons. The van der Waals surface area contributed by atoms with Gasteiger partial charge in [0.05, 0.1) is 6.54 Å². The van der Waals surface area contributed by atoms with Crippen LogP contribution in [0.3, 0.4) is 0 Å². The molecule has 1 aliphatic rings. The van der Waals surface area contributed by atoms with Gasteiger partial charge in [-0.15, -0.1) is 0 Å². The Hall–Kier alpha value is -1.29. The number of aryl methyl sites for hydroxylation is 1. The van der Waals surface area contributed by atoms with Crippen molar-refractivity contribution in [3.63, 3.8) is 0 Å². The predicted octanol–water partition coefficient (Wildman–Crippen LogP) is 1.89. The van der Waals surface area contributed by atoms with E-state index in [-0.39, 0.29) is 11.2 Å². The topological polar surface area (TPSA) is 53.7 Å². The summed E-state index contributed by atoms with van der Waals surface area (Å²) in [6.45, 7) is 6.47. The molecule has 1 fully saturated rings. The zero-order chi connectivity index (χ0) is 12.4. The molecule has 2 heterocycles. The van der Waals surface area contributed by atoms with E-state index in [0.29, 0.717) is 24.0 Å². The number of hydrogen-bond donors (Lipinski definition) is 1. The summed E-state index contributed by atoms with van der Waals surface area (Å²) in [7, 11) is 0. The van der Waals surface area contributed by atoms with Crippen LogP contribution in [0, 0.1) is 12.8 Å². The second-order valence-electron chi connectivity index (χ2n) is 4.98.